The first-order valence-corrected chi connectivity index (χ1v) is 13.9. The number of fused-ring (bicyclic) bond motifs is 2. The van der Waals surface area contributed by atoms with Gasteiger partial charge in [-0.1, -0.05) is 74.0 Å². The summed E-state index contributed by atoms with van der Waals surface area (Å²) in [6.45, 7) is 5.10. The van der Waals surface area contributed by atoms with Gasteiger partial charge in [0, 0.05) is 5.39 Å². The summed E-state index contributed by atoms with van der Waals surface area (Å²) in [6.07, 6.45) is 1.02. The van der Waals surface area contributed by atoms with Gasteiger partial charge in [0.1, 0.15) is 5.92 Å². The first-order chi connectivity index (χ1) is 19.6. The number of hydroxylamine groups is 1. The van der Waals surface area contributed by atoms with Crippen LogP contribution < -0.4 is 19.4 Å². The average Bonchev–Trinajstić information content (AvgIpc) is 3.49. The second-order valence-corrected chi connectivity index (χ2v) is 10.0. The molecule has 2 aliphatic heterocycles. The zero-order valence-corrected chi connectivity index (χ0v) is 22.7. The van der Waals surface area contributed by atoms with Gasteiger partial charge in [-0.25, -0.2) is 9.96 Å². The maximum Gasteiger partial charge on any atom is 0.266 e. The minimum absolute atomic E-state index is 0.281. The van der Waals surface area contributed by atoms with Gasteiger partial charge >= 0.3 is 0 Å². The van der Waals surface area contributed by atoms with Crippen LogP contribution in [0.5, 0.6) is 11.5 Å². The van der Waals surface area contributed by atoms with Gasteiger partial charge in [0.05, 0.1) is 30.6 Å². The molecule has 2 heterocycles. The molecule has 7 nitrogen and oxygen atoms in total. The van der Waals surface area contributed by atoms with Gasteiger partial charge in [0.15, 0.2) is 17.6 Å². The molecule has 204 valence electrons. The molecule has 0 spiro atoms. The number of hydrogen-bond donors (Lipinski definition) is 0. The molecule has 2 aliphatic rings. The van der Waals surface area contributed by atoms with E-state index in [1.807, 2.05) is 97.9 Å². The molecule has 40 heavy (non-hydrogen) atoms. The lowest BCUT2D eigenvalue weighted by Crippen LogP contribution is -2.37. The molecule has 0 aliphatic carbocycles. The van der Waals surface area contributed by atoms with Gasteiger partial charge in [-0.2, -0.15) is 0 Å². The Morgan fingerprint density at radius 1 is 0.800 bits per heavy atom. The Kier molecular flexibility index (Phi) is 7.13. The van der Waals surface area contributed by atoms with Crippen molar-refractivity contribution in [3.8, 4) is 11.5 Å². The van der Waals surface area contributed by atoms with E-state index in [0.717, 1.165) is 34.9 Å². The summed E-state index contributed by atoms with van der Waals surface area (Å²) < 4.78 is 12.0. The predicted octanol–water partition coefficient (Wildman–Crippen LogP) is 6.47. The zero-order chi connectivity index (χ0) is 27.6. The third-order valence-corrected chi connectivity index (χ3v) is 7.50. The van der Waals surface area contributed by atoms with Gasteiger partial charge in [-0.05, 0) is 54.6 Å². The number of imide groups is 1. The Morgan fingerprint density at radius 3 is 2.38 bits per heavy atom. The van der Waals surface area contributed by atoms with Gasteiger partial charge in [-0.15, -0.1) is 0 Å². The van der Waals surface area contributed by atoms with Gasteiger partial charge in [-0.3, -0.25) is 14.4 Å². The first-order valence-electron chi connectivity index (χ1n) is 13.9. The molecule has 3 unspecified atom stereocenters. The molecule has 3 atom stereocenters. The Morgan fingerprint density at radius 2 is 1.57 bits per heavy atom. The minimum atomic E-state index is -0.951. The number of rotatable bonds is 9. The fraction of sp³-hybridized carbons (Fsp3) is 0.273. The highest BCUT2D eigenvalue weighted by atomic mass is 16.7. The number of anilines is 2. The van der Waals surface area contributed by atoms with Crippen molar-refractivity contribution in [3.05, 3.63) is 96.6 Å². The van der Waals surface area contributed by atoms with Crippen LogP contribution in [0.2, 0.25) is 0 Å². The number of benzene rings is 4. The van der Waals surface area contributed by atoms with Crippen LogP contribution in [0.15, 0.2) is 91.0 Å². The van der Waals surface area contributed by atoms with E-state index in [4.69, 9.17) is 14.3 Å². The van der Waals surface area contributed by atoms with Gasteiger partial charge in [0.2, 0.25) is 5.91 Å². The first kappa shape index (κ1) is 25.9. The molecule has 0 N–H and O–H groups in total. The number of nitrogens with zero attached hydrogens (tertiary/aromatic N) is 2. The highest BCUT2D eigenvalue weighted by Gasteiger charge is 2.60. The number of para-hydroxylation sites is 1. The van der Waals surface area contributed by atoms with E-state index in [0.29, 0.717) is 30.4 Å². The van der Waals surface area contributed by atoms with E-state index in [1.54, 1.807) is 5.06 Å². The Labute approximate surface area is 233 Å². The average molecular weight is 537 g/mol. The van der Waals surface area contributed by atoms with Crippen LogP contribution in [-0.2, 0) is 14.4 Å². The predicted molar refractivity (Wildman–Crippen MR) is 154 cm³/mol. The molecule has 7 heteroatoms. The highest BCUT2D eigenvalue weighted by Crippen LogP contribution is 2.49. The third kappa shape index (κ3) is 4.46. The van der Waals surface area contributed by atoms with Crippen LogP contribution in [0.3, 0.4) is 0 Å². The van der Waals surface area contributed by atoms with Crippen molar-refractivity contribution in [3.63, 3.8) is 0 Å². The van der Waals surface area contributed by atoms with E-state index in [2.05, 4.69) is 6.92 Å². The quantitative estimate of drug-likeness (QED) is 0.180. The van der Waals surface area contributed by atoms with Crippen LogP contribution in [0, 0.1) is 5.92 Å². The molecule has 0 bridgehead atoms. The van der Waals surface area contributed by atoms with Crippen LogP contribution >= 0.6 is 0 Å². The van der Waals surface area contributed by atoms with Crippen molar-refractivity contribution in [2.24, 2.45) is 5.92 Å². The topological polar surface area (TPSA) is 68.3 Å². The fourth-order valence-electron chi connectivity index (χ4n) is 5.62. The van der Waals surface area contributed by atoms with Crippen molar-refractivity contribution in [1.29, 1.82) is 0 Å². The van der Waals surface area contributed by atoms with Gasteiger partial charge < -0.3 is 9.47 Å². The molecule has 4 aromatic carbocycles. The molecular formula is C33H32N2O5. The number of carbonyl (C=O) groups is 2. The van der Waals surface area contributed by atoms with E-state index in [-0.39, 0.29) is 11.8 Å². The molecule has 0 radical (unpaired) electrons. The molecule has 0 aromatic heterocycles. The maximum absolute atomic E-state index is 14.2. The van der Waals surface area contributed by atoms with E-state index < -0.39 is 18.1 Å². The lowest BCUT2D eigenvalue weighted by Gasteiger charge is -2.29. The lowest BCUT2D eigenvalue weighted by molar-refractivity contribution is -0.126. The monoisotopic (exact) mass is 536 g/mol. The summed E-state index contributed by atoms with van der Waals surface area (Å²) in [4.78, 5) is 35.7. The van der Waals surface area contributed by atoms with Crippen molar-refractivity contribution in [2.45, 2.75) is 38.8 Å². The number of unbranched alkanes of at least 4 members (excludes halogenated alkanes) is 1. The second kappa shape index (κ2) is 11.0. The normalized spacial score (nSPS) is 20.3. The number of ether oxygens (including phenoxy) is 2. The number of amides is 2. The summed E-state index contributed by atoms with van der Waals surface area (Å²) in [6, 6.07) is 28.2. The Balaban J connectivity index is 1.42. The van der Waals surface area contributed by atoms with Gasteiger partial charge in [0.25, 0.3) is 5.91 Å². The summed E-state index contributed by atoms with van der Waals surface area (Å²) >= 11 is 0. The largest absolute Gasteiger partial charge is 0.490 e. The maximum atomic E-state index is 14.2. The van der Waals surface area contributed by atoms with Crippen molar-refractivity contribution in [1.82, 2.24) is 0 Å². The zero-order valence-electron chi connectivity index (χ0n) is 22.7. The van der Waals surface area contributed by atoms with E-state index >= 15 is 0 Å². The molecule has 2 saturated heterocycles. The SMILES string of the molecule is CCCCOc1ccc(C2C3C(=O)N(c4cccc5ccccc45)C(=O)C3ON2c2ccccc2)cc1OCC. The third-order valence-electron chi connectivity index (χ3n) is 7.50. The summed E-state index contributed by atoms with van der Waals surface area (Å²) in [5.74, 6) is -0.120. The molecule has 2 amide bonds. The highest BCUT2D eigenvalue weighted by molar-refractivity contribution is 6.26. The minimum Gasteiger partial charge on any atom is -0.490 e. The fourth-order valence-corrected chi connectivity index (χ4v) is 5.62. The van der Waals surface area contributed by atoms with E-state index in [9.17, 15) is 9.59 Å². The second-order valence-electron chi connectivity index (χ2n) is 10.0. The molecular weight excluding hydrogens is 504 g/mol. The van der Waals surface area contributed by atoms with Crippen LogP contribution in [-0.4, -0.2) is 31.1 Å². The number of hydrogen-bond acceptors (Lipinski definition) is 6. The summed E-state index contributed by atoms with van der Waals surface area (Å²) in [5.41, 5.74) is 2.15. The van der Waals surface area contributed by atoms with Crippen molar-refractivity contribution in [2.75, 3.05) is 23.2 Å². The summed E-state index contributed by atoms with van der Waals surface area (Å²) in [7, 11) is 0. The lowest BCUT2D eigenvalue weighted by atomic mass is 9.90. The van der Waals surface area contributed by atoms with Crippen LogP contribution in [0.25, 0.3) is 10.8 Å². The number of carbonyl (C=O) groups excluding carboxylic acids is 2. The molecule has 4 aromatic rings. The molecule has 0 saturated carbocycles. The van der Waals surface area contributed by atoms with E-state index in [1.165, 1.54) is 4.90 Å². The van der Waals surface area contributed by atoms with Crippen LogP contribution in [0.4, 0.5) is 11.4 Å². The van der Waals surface area contributed by atoms with Crippen molar-refractivity contribution >= 4 is 34.0 Å². The summed E-state index contributed by atoms with van der Waals surface area (Å²) in [5, 5.41) is 3.50. The van der Waals surface area contributed by atoms with Crippen LogP contribution in [0.1, 0.15) is 38.3 Å². The molecule has 6 rings (SSSR count). The molecule has 2 fully saturated rings. The Hall–Kier alpha value is -4.36. The Bertz CT molecular complexity index is 1530. The standard InChI is InChI=1S/C33H32N2O5/c1-3-5-20-39-27-19-18-23(21-28(27)38-4-2)30-29-31(40-35(30)24-14-7-6-8-15-24)33(37)34(32(29)36)26-17-11-13-22-12-9-10-16-25(22)26/h6-19,21,29-31H,3-5,20H2,1-2H3. The van der Waals surface area contributed by atoms with Crippen molar-refractivity contribution < 1.29 is 23.9 Å². The smallest absolute Gasteiger partial charge is 0.266 e.